The highest BCUT2D eigenvalue weighted by molar-refractivity contribution is 5.83. The molecule has 3 nitrogen and oxygen atoms in total. The smallest absolute Gasteiger partial charge is 0.306 e. The average molecular weight is 431 g/mol. The van der Waals surface area contributed by atoms with Crippen LogP contribution in [0.5, 0.6) is 5.75 Å². The van der Waals surface area contributed by atoms with Crippen molar-refractivity contribution in [3.63, 3.8) is 0 Å². The summed E-state index contributed by atoms with van der Waals surface area (Å²) in [6.07, 6.45) is 4.50. The molecule has 1 atom stereocenters. The van der Waals surface area contributed by atoms with Crippen LogP contribution in [0.1, 0.15) is 64.5 Å². The van der Waals surface area contributed by atoms with Crippen LogP contribution in [-0.4, -0.2) is 12.6 Å². The number of esters is 1. The molecule has 0 aliphatic rings. The molecular formula is C29H34O3. The summed E-state index contributed by atoms with van der Waals surface area (Å²) >= 11 is 0. The van der Waals surface area contributed by atoms with E-state index in [1.165, 1.54) is 24.0 Å². The third-order valence-corrected chi connectivity index (χ3v) is 5.56. The molecule has 0 N–H and O–H groups in total. The van der Waals surface area contributed by atoms with Crippen molar-refractivity contribution in [3.05, 3.63) is 78.4 Å². The number of benzene rings is 3. The van der Waals surface area contributed by atoms with Crippen molar-refractivity contribution in [1.29, 1.82) is 0 Å². The summed E-state index contributed by atoms with van der Waals surface area (Å²) in [4.78, 5) is 11.8. The number of hydrogen-bond acceptors (Lipinski definition) is 3. The maximum Gasteiger partial charge on any atom is 0.306 e. The first-order valence-electron chi connectivity index (χ1n) is 11.7. The molecule has 32 heavy (non-hydrogen) atoms. The van der Waals surface area contributed by atoms with Crippen molar-refractivity contribution in [2.45, 2.75) is 59.0 Å². The summed E-state index contributed by atoms with van der Waals surface area (Å²) in [5, 5.41) is 0. The number of rotatable bonds is 11. The Morgan fingerprint density at radius 3 is 1.94 bits per heavy atom. The van der Waals surface area contributed by atoms with Crippen molar-refractivity contribution in [2.75, 3.05) is 6.61 Å². The molecule has 0 aliphatic heterocycles. The van der Waals surface area contributed by atoms with Gasteiger partial charge in [-0.3, -0.25) is 4.79 Å². The molecule has 3 heteroatoms. The molecule has 0 saturated heterocycles. The molecule has 0 aromatic heterocycles. The Balaban J connectivity index is 1.74. The standard InChI is InChI=1S/C29H34O3/c1-4-6-9-21-31-26-19-17-25(18-20-26)28-12-8-7-11-27(28)24-15-13-23(14-16-24)22(3)32-29(30)10-5-2/h7-8,11-20,22H,4-6,9-10,21H2,1-3H3. The molecular weight excluding hydrogens is 396 g/mol. The topological polar surface area (TPSA) is 35.5 Å². The first-order valence-corrected chi connectivity index (χ1v) is 11.7. The molecule has 0 saturated carbocycles. The fourth-order valence-corrected chi connectivity index (χ4v) is 3.72. The Hall–Kier alpha value is -3.07. The Morgan fingerprint density at radius 2 is 1.38 bits per heavy atom. The van der Waals surface area contributed by atoms with Crippen molar-refractivity contribution in [3.8, 4) is 28.0 Å². The summed E-state index contributed by atoms with van der Waals surface area (Å²) in [6, 6.07) is 25.1. The van der Waals surface area contributed by atoms with Crippen molar-refractivity contribution < 1.29 is 14.3 Å². The molecule has 0 spiro atoms. The molecule has 0 radical (unpaired) electrons. The number of carbonyl (C=O) groups is 1. The molecule has 0 bridgehead atoms. The van der Waals surface area contributed by atoms with Crippen LogP contribution in [0.3, 0.4) is 0 Å². The third-order valence-electron chi connectivity index (χ3n) is 5.56. The van der Waals surface area contributed by atoms with Gasteiger partial charge >= 0.3 is 5.97 Å². The third kappa shape index (κ3) is 6.46. The van der Waals surface area contributed by atoms with Gasteiger partial charge in [-0.15, -0.1) is 0 Å². The summed E-state index contributed by atoms with van der Waals surface area (Å²) in [6.45, 7) is 6.86. The SMILES string of the molecule is CCCCCOc1ccc(-c2ccccc2-c2ccc(C(C)OC(=O)CCC)cc2)cc1. The summed E-state index contributed by atoms with van der Waals surface area (Å²) in [5.74, 6) is 0.769. The van der Waals surface area contributed by atoms with Crippen LogP contribution in [-0.2, 0) is 9.53 Å². The van der Waals surface area contributed by atoms with Gasteiger partial charge in [-0.25, -0.2) is 0 Å². The van der Waals surface area contributed by atoms with Crippen LogP contribution < -0.4 is 4.74 Å². The lowest BCUT2D eigenvalue weighted by atomic mass is 9.94. The van der Waals surface area contributed by atoms with Gasteiger partial charge in [0, 0.05) is 6.42 Å². The van der Waals surface area contributed by atoms with E-state index in [1.54, 1.807) is 0 Å². The van der Waals surface area contributed by atoms with Gasteiger partial charge < -0.3 is 9.47 Å². The first-order chi connectivity index (χ1) is 15.6. The maximum absolute atomic E-state index is 11.8. The van der Waals surface area contributed by atoms with Gasteiger partial charge in [0.2, 0.25) is 0 Å². The van der Waals surface area contributed by atoms with E-state index in [1.807, 2.05) is 38.1 Å². The molecule has 3 aromatic rings. The second-order valence-corrected chi connectivity index (χ2v) is 8.13. The Morgan fingerprint density at radius 1 is 0.781 bits per heavy atom. The fraction of sp³-hybridized carbons (Fsp3) is 0.345. The normalized spacial score (nSPS) is 11.7. The lowest BCUT2D eigenvalue weighted by Crippen LogP contribution is -2.08. The second-order valence-electron chi connectivity index (χ2n) is 8.13. The molecule has 1 unspecified atom stereocenters. The van der Waals surface area contributed by atoms with Gasteiger partial charge in [0.05, 0.1) is 6.61 Å². The lowest BCUT2D eigenvalue weighted by Gasteiger charge is -2.15. The van der Waals surface area contributed by atoms with Crippen molar-refractivity contribution in [2.24, 2.45) is 0 Å². The fourth-order valence-electron chi connectivity index (χ4n) is 3.72. The van der Waals surface area contributed by atoms with Crippen LogP contribution in [0.2, 0.25) is 0 Å². The Labute approximate surface area is 192 Å². The zero-order valence-corrected chi connectivity index (χ0v) is 19.5. The Bertz CT molecular complexity index is 974. The summed E-state index contributed by atoms with van der Waals surface area (Å²) < 4.78 is 11.4. The molecule has 3 rings (SSSR count). The van der Waals surface area contributed by atoms with E-state index in [2.05, 4.69) is 55.5 Å². The van der Waals surface area contributed by atoms with Gasteiger partial charge in [0.1, 0.15) is 11.9 Å². The molecule has 3 aromatic carbocycles. The van der Waals surface area contributed by atoms with E-state index in [-0.39, 0.29) is 12.1 Å². The van der Waals surface area contributed by atoms with E-state index in [4.69, 9.17) is 9.47 Å². The zero-order valence-electron chi connectivity index (χ0n) is 19.5. The minimum Gasteiger partial charge on any atom is -0.494 e. The second kappa shape index (κ2) is 12.1. The monoisotopic (exact) mass is 430 g/mol. The minimum absolute atomic E-state index is 0.146. The molecule has 0 aliphatic carbocycles. The number of hydrogen-bond donors (Lipinski definition) is 0. The first kappa shape index (κ1) is 23.6. The highest BCUT2D eigenvalue weighted by Crippen LogP contribution is 2.33. The van der Waals surface area contributed by atoms with Crippen LogP contribution in [0.4, 0.5) is 0 Å². The van der Waals surface area contributed by atoms with Gasteiger partial charge in [0.15, 0.2) is 0 Å². The van der Waals surface area contributed by atoms with Crippen LogP contribution >= 0.6 is 0 Å². The van der Waals surface area contributed by atoms with E-state index < -0.39 is 0 Å². The van der Waals surface area contributed by atoms with Gasteiger partial charge in [-0.2, -0.15) is 0 Å². The largest absolute Gasteiger partial charge is 0.494 e. The number of unbranched alkanes of at least 4 members (excludes halogenated alkanes) is 2. The van der Waals surface area contributed by atoms with Crippen molar-refractivity contribution >= 4 is 5.97 Å². The van der Waals surface area contributed by atoms with E-state index in [0.717, 1.165) is 41.9 Å². The van der Waals surface area contributed by atoms with Gasteiger partial charge in [-0.05, 0) is 59.7 Å². The predicted molar refractivity (Wildman–Crippen MR) is 132 cm³/mol. The van der Waals surface area contributed by atoms with Crippen LogP contribution in [0.25, 0.3) is 22.3 Å². The summed E-state index contributed by atoms with van der Waals surface area (Å²) in [7, 11) is 0. The van der Waals surface area contributed by atoms with E-state index >= 15 is 0 Å². The van der Waals surface area contributed by atoms with Crippen LogP contribution in [0, 0.1) is 0 Å². The van der Waals surface area contributed by atoms with Gasteiger partial charge in [0.25, 0.3) is 0 Å². The molecule has 168 valence electrons. The quantitative estimate of drug-likeness (QED) is 0.228. The molecule has 0 fully saturated rings. The van der Waals surface area contributed by atoms with Gasteiger partial charge in [-0.1, -0.05) is 87.4 Å². The minimum atomic E-state index is -0.247. The summed E-state index contributed by atoms with van der Waals surface area (Å²) in [5.41, 5.74) is 5.65. The number of ether oxygens (including phenoxy) is 2. The number of carbonyl (C=O) groups excluding carboxylic acids is 1. The van der Waals surface area contributed by atoms with Crippen molar-refractivity contribution in [1.82, 2.24) is 0 Å². The molecule has 0 heterocycles. The predicted octanol–water partition coefficient (Wildman–Crippen LogP) is 7.99. The zero-order chi connectivity index (χ0) is 22.8. The average Bonchev–Trinajstić information content (AvgIpc) is 2.82. The van der Waals surface area contributed by atoms with Crippen LogP contribution in [0.15, 0.2) is 72.8 Å². The van der Waals surface area contributed by atoms with E-state index in [9.17, 15) is 4.79 Å². The van der Waals surface area contributed by atoms with E-state index in [0.29, 0.717) is 6.42 Å². The molecule has 0 amide bonds. The highest BCUT2D eigenvalue weighted by atomic mass is 16.5. The maximum atomic E-state index is 11.8. The highest BCUT2D eigenvalue weighted by Gasteiger charge is 2.12. The Kier molecular flexibility index (Phi) is 8.91. The lowest BCUT2D eigenvalue weighted by molar-refractivity contribution is -0.148.